The number of anilines is 1. The molecule has 0 radical (unpaired) electrons. The molecule has 0 aliphatic carbocycles. The fourth-order valence-corrected chi connectivity index (χ4v) is 4.60. The summed E-state index contributed by atoms with van der Waals surface area (Å²) in [6.45, 7) is 9.61. The molecule has 6 nitrogen and oxygen atoms in total. The van der Waals surface area contributed by atoms with E-state index >= 15 is 0 Å². The lowest BCUT2D eigenvalue weighted by Gasteiger charge is -2.23. The fourth-order valence-electron chi connectivity index (χ4n) is 3.83. The third-order valence-electron chi connectivity index (χ3n) is 5.32. The molecule has 2 aromatic heterocycles. The molecule has 1 amide bonds. The topological polar surface area (TPSA) is 62.2 Å². The average Bonchev–Trinajstić information content (AvgIpc) is 3.23. The van der Waals surface area contributed by atoms with Crippen molar-refractivity contribution in [2.45, 2.75) is 20.8 Å². The van der Waals surface area contributed by atoms with Crippen LogP contribution in [0, 0.1) is 32.6 Å². The molecule has 24 heavy (non-hydrogen) atoms. The van der Waals surface area contributed by atoms with Crippen molar-refractivity contribution in [1.82, 2.24) is 19.9 Å². The van der Waals surface area contributed by atoms with Gasteiger partial charge in [0.1, 0.15) is 17.0 Å². The number of likely N-dealkylation sites (tertiary alicyclic amines) is 1. The van der Waals surface area contributed by atoms with Crippen LogP contribution in [0.25, 0.3) is 0 Å². The Labute approximate surface area is 145 Å². The molecule has 2 saturated heterocycles. The Morgan fingerprint density at radius 2 is 1.75 bits per heavy atom. The second kappa shape index (κ2) is 5.81. The van der Waals surface area contributed by atoms with Crippen LogP contribution >= 0.6 is 11.3 Å². The molecule has 0 aromatic carbocycles. The van der Waals surface area contributed by atoms with Crippen LogP contribution in [0.2, 0.25) is 0 Å². The van der Waals surface area contributed by atoms with Crippen molar-refractivity contribution in [3.05, 3.63) is 33.7 Å². The normalized spacial score (nSPS) is 23.0. The van der Waals surface area contributed by atoms with E-state index in [1.54, 1.807) is 11.8 Å². The van der Waals surface area contributed by atoms with Crippen molar-refractivity contribution in [2.24, 2.45) is 11.8 Å². The van der Waals surface area contributed by atoms with Crippen LogP contribution in [0.4, 0.5) is 5.82 Å². The quantitative estimate of drug-likeness (QED) is 0.835. The van der Waals surface area contributed by atoms with E-state index in [1.807, 2.05) is 18.7 Å². The average molecular weight is 343 g/mol. The molecule has 4 heterocycles. The van der Waals surface area contributed by atoms with Gasteiger partial charge in [-0.05, 0) is 20.8 Å². The number of thiazole rings is 1. The molecule has 7 heteroatoms. The molecule has 4 rings (SSSR count). The van der Waals surface area contributed by atoms with Gasteiger partial charge in [0.15, 0.2) is 0 Å². The number of amides is 1. The summed E-state index contributed by atoms with van der Waals surface area (Å²) in [7, 11) is 0. The smallest absolute Gasteiger partial charge is 0.265 e. The lowest BCUT2D eigenvalue weighted by atomic mass is 10.0. The van der Waals surface area contributed by atoms with E-state index in [2.05, 4.69) is 26.8 Å². The number of hydrogen-bond acceptors (Lipinski definition) is 6. The predicted octanol–water partition coefficient (Wildman–Crippen LogP) is 2.07. The zero-order chi connectivity index (χ0) is 16.8. The van der Waals surface area contributed by atoms with Crippen molar-refractivity contribution in [1.29, 1.82) is 0 Å². The minimum Gasteiger partial charge on any atom is -0.356 e. The number of rotatable bonds is 2. The highest BCUT2D eigenvalue weighted by Gasteiger charge is 2.42. The second-order valence-electron chi connectivity index (χ2n) is 6.81. The predicted molar refractivity (Wildman–Crippen MR) is 93.5 cm³/mol. The van der Waals surface area contributed by atoms with Gasteiger partial charge in [0, 0.05) is 49.3 Å². The Morgan fingerprint density at radius 1 is 1.04 bits per heavy atom. The number of aryl methyl sites for hydroxylation is 2. The summed E-state index contributed by atoms with van der Waals surface area (Å²) in [6.07, 6.45) is 1.65. The highest BCUT2D eigenvalue weighted by Crippen LogP contribution is 2.35. The molecule has 2 atom stereocenters. The van der Waals surface area contributed by atoms with Gasteiger partial charge >= 0.3 is 0 Å². The number of nitrogens with zero attached hydrogens (tertiary/aromatic N) is 5. The van der Waals surface area contributed by atoms with Gasteiger partial charge in [-0.25, -0.2) is 15.0 Å². The molecule has 0 N–H and O–H groups in total. The summed E-state index contributed by atoms with van der Waals surface area (Å²) in [6, 6.07) is 0. The lowest BCUT2D eigenvalue weighted by Crippen LogP contribution is -2.33. The minimum absolute atomic E-state index is 0.144. The summed E-state index contributed by atoms with van der Waals surface area (Å²) in [5, 5.41) is 0. The standard InChI is InChI=1S/C17H21N5OS/c1-10-11(2)18-8-19-16(10)21-4-13-6-22(7-14(13)5-21)17(23)15-12(3)20-9-24-15/h8-9,13-14H,4-7H2,1-3H3. The summed E-state index contributed by atoms with van der Waals surface area (Å²) in [4.78, 5) is 30.8. The van der Waals surface area contributed by atoms with E-state index in [0.29, 0.717) is 11.8 Å². The van der Waals surface area contributed by atoms with Gasteiger partial charge in [0.25, 0.3) is 5.91 Å². The molecule has 126 valence electrons. The fraction of sp³-hybridized carbons (Fsp3) is 0.529. The lowest BCUT2D eigenvalue weighted by molar-refractivity contribution is 0.0786. The number of aromatic nitrogens is 3. The van der Waals surface area contributed by atoms with E-state index in [-0.39, 0.29) is 5.91 Å². The third kappa shape index (κ3) is 2.47. The van der Waals surface area contributed by atoms with E-state index in [1.165, 1.54) is 11.3 Å². The van der Waals surface area contributed by atoms with Gasteiger partial charge in [-0.15, -0.1) is 11.3 Å². The van der Waals surface area contributed by atoms with E-state index in [0.717, 1.165) is 53.8 Å². The Morgan fingerprint density at radius 3 is 2.38 bits per heavy atom. The zero-order valence-electron chi connectivity index (χ0n) is 14.2. The first kappa shape index (κ1) is 15.5. The zero-order valence-corrected chi connectivity index (χ0v) is 15.0. The minimum atomic E-state index is 0.144. The van der Waals surface area contributed by atoms with Crippen LogP contribution in [0.3, 0.4) is 0 Å². The van der Waals surface area contributed by atoms with E-state index in [4.69, 9.17) is 0 Å². The molecule has 0 bridgehead atoms. The summed E-state index contributed by atoms with van der Waals surface area (Å²) >= 11 is 1.44. The van der Waals surface area contributed by atoms with Crippen LogP contribution < -0.4 is 4.90 Å². The monoisotopic (exact) mass is 343 g/mol. The Bertz CT molecular complexity index is 775. The first-order valence-electron chi connectivity index (χ1n) is 8.27. The molecule has 0 saturated carbocycles. The van der Waals surface area contributed by atoms with Gasteiger partial charge in [-0.2, -0.15) is 0 Å². The summed E-state index contributed by atoms with van der Waals surface area (Å²) in [5.41, 5.74) is 4.79. The van der Waals surface area contributed by atoms with Crippen molar-refractivity contribution in [3.63, 3.8) is 0 Å². The molecule has 2 unspecified atom stereocenters. The Balaban J connectivity index is 1.46. The van der Waals surface area contributed by atoms with Crippen molar-refractivity contribution < 1.29 is 4.79 Å². The molecule has 2 aliphatic rings. The third-order valence-corrected chi connectivity index (χ3v) is 6.24. The van der Waals surface area contributed by atoms with Crippen LogP contribution in [-0.2, 0) is 0 Å². The number of carbonyl (C=O) groups excluding carboxylic acids is 1. The number of carbonyl (C=O) groups is 1. The maximum absolute atomic E-state index is 12.7. The van der Waals surface area contributed by atoms with E-state index < -0.39 is 0 Å². The van der Waals surface area contributed by atoms with Gasteiger partial charge in [-0.3, -0.25) is 4.79 Å². The van der Waals surface area contributed by atoms with Crippen LogP contribution in [-0.4, -0.2) is 51.9 Å². The molecule has 2 fully saturated rings. The summed E-state index contributed by atoms with van der Waals surface area (Å²) < 4.78 is 0. The molecule has 2 aromatic rings. The first-order valence-corrected chi connectivity index (χ1v) is 9.15. The van der Waals surface area contributed by atoms with Crippen LogP contribution in [0.5, 0.6) is 0 Å². The Kier molecular flexibility index (Phi) is 3.75. The number of hydrogen-bond donors (Lipinski definition) is 0. The maximum atomic E-state index is 12.7. The SMILES string of the molecule is Cc1ncsc1C(=O)N1CC2CN(c3ncnc(C)c3C)CC2C1. The van der Waals surface area contributed by atoms with Crippen molar-refractivity contribution >= 4 is 23.1 Å². The van der Waals surface area contributed by atoms with Gasteiger partial charge in [0.05, 0.1) is 11.2 Å². The van der Waals surface area contributed by atoms with Crippen molar-refractivity contribution in [3.8, 4) is 0 Å². The largest absolute Gasteiger partial charge is 0.356 e. The molecule has 2 aliphatic heterocycles. The van der Waals surface area contributed by atoms with Crippen molar-refractivity contribution in [2.75, 3.05) is 31.1 Å². The molecule has 0 spiro atoms. The van der Waals surface area contributed by atoms with Gasteiger partial charge in [-0.1, -0.05) is 0 Å². The Hall–Kier alpha value is -2.02. The second-order valence-corrected chi connectivity index (χ2v) is 7.66. The van der Waals surface area contributed by atoms with Crippen LogP contribution in [0.1, 0.15) is 26.6 Å². The highest BCUT2D eigenvalue weighted by molar-refractivity contribution is 7.11. The number of fused-ring (bicyclic) bond motifs is 1. The molecular weight excluding hydrogens is 322 g/mol. The first-order chi connectivity index (χ1) is 11.5. The van der Waals surface area contributed by atoms with Gasteiger partial charge < -0.3 is 9.80 Å². The van der Waals surface area contributed by atoms with E-state index in [9.17, 15) is 4.79 Å². The maximum Gasteiger partial charge on any atom is 0.265 e. The van der Waals surface area contributed by atoms with Gasteiger partial charge in [0.2, 0.25) is 0 Å². The highest BCUT2D eigenvalue weighted by atomic mass is 32.1. The molecular formula is C17H21N5OS. The van der Waals surface area contributed by atoms with Crippen LogP contribution in [0.15, 0.2) is 11.8 Å². The summed E-state index contributed by atoms with van der Waals surface area (Å²) in [5.74, 6) is 2.24.